The third kappa shape index (κ3) is 2.76. The average Bonchev–Trinajstić information content (AvgIpc) is 2.91. The summed E-state index contributed by atoms with van der Waals surface area (Å²) in [6, 6.07) is 13.0. The lowest BCUT2D eigenvalue weighted by molar-refractivity contribution is 0.0937. The topological polar surface area (TPSA) is 59.3 Å². The van der Waals surface area contributed by atoms with Crippen LogP contribution in [0.25, 0.3) is 5.65 Å². The SMILES string of the molecule is CC(NC(=O)c1ccccc1I)c1nnc2ccccn12. The minimum Gasteiger partial charge on any atom is -0.342 e. The number of hydrogen-bond acceptors (Lipinski definition) is 3. The Labute approximate surface area is 135 Å². The lowest BCUT2D eigenvalue weighted by atomic mass is 10.2. The van der Waals surface area contributed by atoms with Gasteiger partial charge in [0.25, 0.3) is 5.91 Å². The molecule has 6 heteroatoms. The van der Waals surface area contributed by atoms with E-state index < -0.39 is 0 Å². The number of benzene rings is 1. The van der Waals surface area contributed by atoms with Gasteiger partial charge in [-0.15, -0.1) is 10.2 Å². The van der Waals surface area contributed by atoms with Gasteiger partial charge in [0.1, 0.15) is 0 Å². The van der Waals surface area contributed by atoms with E-state index >= 15 is 0 Å². The van der Waals surface area contributed by atoms with Gasteiger partial charge in [-0.2, -0.15) is 0 Å². The summed E-state index contributed by atoms with van der Waals surface area (Å²) in [7, 11) is 0. The molecule has 0 aliphatic rings. The van der Waals surface area contributed by atoms with Crippen molar-refractivity contribution in [2.75, 3.05) is 0 Å². The molecule has 0 radical (unpaired) electrons. The summed E-state index contributed by atoms with van der Waals surface area (Å²) < 4.78 is 2.80. The molecule has 5 nitrogen and oxygen atoms in total. The third-order valence-electron chi connectivity index (χ3n) is 3.19. The number of fused-ring (bicyclic) bond motifs is 1. The predicted octanol–water partition coefficient (Wildman–Crippen LogP) is 2.82. The second-order valence-corrected chi connectivity index (χ2v) is 5.82. The van der Waals surface area contributed by atoms with Crippen LogP contribution in [0.1, 0.15) is 29.1 Å². The van der Waals surface area contributed by atoms with Crippen LogP contribution in [0.3, 0.4) is 0 Å². The van der Waals surface area contributed by atoms with Crippen molar-refractivity contribution in [1.82, 2.24) is 19.9 Å². The van der Waals surface area contributed by atoms with Crippen LogP contribution in [0, 0.1) is 3.57 Å². The summed E-state index contributed by atoms with van der Waals surface area (Å²) in [6.45, 7) is 1.90. The number of nitrogens with one attached hydrogen (secondary N) is 1. The summed E-state index contributed by atoms with van der Waals surface area (Å²) in [5.41, 5.74) is 1.43. The molecular weight excluding hydrogens is 379 g/mol. The lowest BCUT2D eigenvalue weighted by Crippen LogP contribution is -2.28. The zero-order chi connectivity index (χ0) is 14.8. The fourth-order valence-electron chi connectivity index (χ4n) is 2.14. The van der Waals surface area contributed by atoms with Crippen LogP contribution in [-0.2, 0) is 0 Å². The van der Waals surface area contributed by atoms with E-state index in [0.29, 0.717) is 11.4 Å². The number of rotatable bonds is 3. The minimum atomic E-state index is -0.231. The highest BCUT2D eigenvalue weighted by Gasteiger charge is 2.17. The maximum Gasteiger partial charge on any atom is 0.252 e. The van der Waals surface area contributed by atoms with Gasteiger partial charge in [-0.25, -0.2) is 0 Å². The van der Waals surface area contributed by atoms with Crippen LogP contribution in [-0.4, -0.2) is 20.5 Å². The monoisotopic (exact) mass is 392 g/mol. The first-order valence-corrected chi connectivity index (χ1v) is 7.60. The highest BCUT2D eigenvalue weighted by molar-refractivity contribution is 14.1. The van der Waals surface area contributed by atoms with E-state index in [-0.39, 0.29) is 11.9 Å². The molecule has 106 valence electrons. The number of hydrogen-bond donors (Lipinski definition) is 1. The molecule has 0 spiro atoms. The van der Waals surface area contributed by atoms with Gasteiger partial charge in [0.2, 0.25) is 0 Å². The highest BCUT2D eigenvalue weighted by atomic mass is 127. The smallest absolute Gasteiger partial charge is 0.252 e. The standard InChI is InChI=1S/C15H13IN4O/c1-10(14-19-18-13-8-4-5-9-20(13)14)17-15(21)11-6-2-3-7-12(11)16/h2-10H,1H3,(H,17,21). The van der Waals surface area contributed by atoms with Crippen molar-refractivity contribution in [2.45, 2.75) is 13.0 Å². The molecule has 1 aromatic carbocycles. The van der Waals surface area contributed by atoms with Gasteiger partial charge < -0.3 is 5.32 Å². The highest BCUT2D eigenvalue weighted by Crippen LogP contribution is 2.15. The summed E-state index contributed by atoms with van der Waals surface area (Å²) in [5.74, 6) is 0.602. The number of aromatic nitrogens is 3. The zero-order valence-electron chi connectivity index (χ0n) is 11.3. The van der Waals surface area contributed by atoms with E-state index in [9.17, 15) is 4.79 Å². The van der Waals surface area contributed by atoms with Gasteiger partial charge in [0.05, 0.1) is 11.6 Å². The van der Waals surface area contributed by atoms with Crippen LogP contribution in [0.2, 0.25) is 0 Å². The average molecular weight is 392 g/mol. The summed E-state index contributed by atoms with van der Waals surface area (Å²) in [6.07, 6.45) is 1.89. The molecule has 2 aromatic heterocycles. The Balaban J connectivity index is 1.85. The molecule has 0 bridgehead atoms. The van der Waals surface area contributed by atoms with E-state index in [1.807, 2.05) is 60.0 Å². The van der Waals surface area contributed by atoms with Gasteiger partial charge in [-0.1, -0.05) is 18.2 Å². The van der Waals surface area contributed by atoms with Crippen molar-refractivity contribution < 1.29 is 4.79 Å². The van der Waals surface area contributed by atoms with E-state index in [1.165, 1.54) is 0 Å². The normalized spacial score (nSPS) is 12.3. The molecule has 0 fully saturated rings. The molecule has 1 N–H and O–H groups in total. The number of nitrogens with zero attached hydrogens (tertiary/aromatic N) is 3. The van der Waals surface area contributed by atoms with E-state index in [4.69, 9.17) is 0 Å². The molecule has 3 rings (SSSR count). The van der Waals surface area contributed by atoms with E-state index in [2.05, 4.69) is 38.1 Å². The van der Waals surface area contributed by atoms with Crippen molar-refractivity contribution >= 4 is 34.1 Å². The summed E-state index contributed by atoms with van der Waals surface area (Å²) in [4.78, 5) is 12.3. The molecule has 1 unspecified atom stereocenters. The number of pyridine rings is 1. The molecule has 1 amide bonds. The first kappa shape index (κ1) is 14.0. The first-order valence-electron chi connectivity index (χ1n) is 6.52. The molecule has 0 saturated heterocycles. The van der Waals surface area contributed by atoms with Crippen LogP contribution in [0.4, 0.5) is 0 Å². The summed E-state index contributed by atoms with van der Waals surface area (Å²) in [5, 5.41) is 11.2. The third-order valence-corrected chi connectivity index (χ3v) is 4.13. The second kappa shape index (κ2) is 5.80. The second-order valence-electron chi connectivity index (χ2n) is 4.66. The first-order chi connectivity index (χ1) is 10.2. The Morgan fingerprint density at radius 2 is 1.95 bits per heavy atom. The Kier molecular flexibility index (Phi) is 3.87. The molecular formula is C15H13IN4O. The van der Waals surface area contributed by atoms with Gasteiger partial charge in [-0.3, -0.25) is 9.20 Å². The molecule has 1 atom stereocenters. The fourth-order valence-corrected chi connectivity index (χ4v) is 2.77. The predicted molar refractivity (Wildman–Crippen MR) is 88.0 cm³/mol. The van der Waals surface area contributed by atoms with Crippen molar-refractivity contribution in [3.8, 4) is 0 Å². The zero-order valence-corrected chi connectivity index (χ0v) is 13.5. The maximum absolute atomic E-state index is 12.3. The Morgan fingerprint density at radius 1 is 1.19 bits per heavy atom. The minimum absolute atomic E-state index is 0.111. The van der Waals surface area contributed by atoms with Gasteiger partial charge in [0, 0.05) is 9.77 Å². The quantitative estimate of drug-likeness (QED) is 0.698. The maximum atomic E-state index is 12.3. The Morgan fingerprint density at radius 3 is 2.76 bits per heavy atom. The molecule has 3 aromatic rings. The van der Waals surface area contributed by atoms with Crippen molar-refractivity contribution in [1.29, 1.82) is 0 Å². The van der Waals surface area contributed by atoms with Crippen molar-refractivity contribution in [3.63, 3.8) is 0 Å². The number of carbonyl (C=O) groups excluding carboxylic acids is 1. The van der Waals surface area contributed by atoms with E-state index in [1.54, 1.807) is 0 Å². The van der Waals surface area contributed by atoms with Gasteiger partial charge in [-0.05, 0) is 53.8 Å². The van der Waals surface area contributed by atoms with E-state index in [0.717, 1.165) is 9.22 Å². The number of halogens is 1. The fraction of sp³-hybridized carbons (Fsp3) is 0.133. The molecule has 21 heavy (non-hydrogen) atoms. The van der Waals surface area contributed by atoms with Crippen LogP contribution < -0.4 is 5.32 Å². The van der Waals surface area contributed by atoms with Crippen LogP contribution >= 0.6 is 22.6 Å². The number of carbonyl (C=O) groups is 1. The lowest BCUT2D eigenvalue weighted by Gasteiger charge is -2.13. The van der Waals surface area contributed by atoms with Gasteiger partial charge in [0.15, 0.2) is 11.5 Å². The number of amides is 1. The van der Waals surface area contributed by atoms with Crippen LogP contribution in [0.15, 0.2) is 48.7 Å². The Hall–Kier alpha value is -1.96. The Bertz CT molecular complexity index is 799. The molecule has 0 aliphatic heterocycles. The van der Waals surface area contributed by atoms with Gasteiger partial charge >= 0.3 is 0 Å². The molecule has 2 heterocycles. The molecule has 0 aliphatic carbocycles. The van der Waals surface area contributed by atoms with Crippen molar-refractivity contribution in [3.05, 3.63) is 63.6 Å². The largest absolute Gasteiger partial charge is 0.342 e. The molecule has 0 saturated carbocycles. The van der Waals surface area contributed by atoms with Crippen LogP contribution in [0.5, 0.6) is 0 Å². The van der Waals surface area contributed by atoms with Crippen molar-refractivity contribution in [2.24, 2.45) is 0 Å². The summed E-state index contributed by atoms with van der Waals surface area (Å²) >= 11 is 2.16.